The Morgan fingerprint density at radius 1 is 1.04 bits per heavy atom. The number of hydrogen-bond acceptors (Lipinski definition) is 4. The number of thiazole rings is 1. The maximum Gasteiger partial charge on any atom is 0.224 e. The Hall–Kier alpha value is -2.50. The van der Waals surface area contributed by atoms with Crippen LogP contribution in [0, 0.1) is 0 Å². The Bertz CT molecular complexity index is 877. The molecule has 1 heterocycles. The van der Waals surface area contributed by atoms with Crippen LogP contribution in [0.4, 0.5) is 5.69 Å². The SMILES string of the molecule is O=C(CCC(=O)c1ccccc1Cl)Nc1ccc(-c2nccs2)cc1. The number of benzene rings is 2. The van der Waals surface area contributed by atoms with Gasteiger partial charge >= 0.3 is 0 Å². The van der Waals surface area contributed by atoms with Crippen molar-refractivity contribution in [3.63, 3.8) is 0 Å². The molecule has 1 N–H and O–H groups in total. The van der Waals surface area contributed by atoms with E-state index in [1.165, 1.54) is 0 Å². The normalized spacial score (nSPS) is 10.4. The molecule has 6 heteroatoms. The van der Waals surface area contributed by atoms with Gasteiger partial charge < -0.3 is 5.32 Å². The predicted molar refractivity (Wildman–Crippen MR) is 101 cm³/mol. The van der Waals surface area contributed by atoms with E-state index in [1.54, 1.807) is 41.8 Å². The van der Waals surface area contributed by atoms with E-state index in [0.29, 0.717) is 16.3 Å². The summed E-state index contributed by atoms with van der Waals surface area (Å²) in [5.74, 6) is -0.345. The summed E-state index contributed by atoms with van der Waals surface area (Å²) in [5.41, 5.74) is 2.14. The van der Waals surface area contributed by atoms with E-state index in [9.17, 15) is 9.59 Å². The zero-order valence-electron chi connectivity index (χ0n) is 13.2. The van der Waals surface area contributed by atoms with E-state index in [4.69, 9.17) is 11.6 Å². The Kier molecular flexibility index (Phi) is 5.58. The molecule has 0 atom stereocenters. The van der Waals surface area contributed by atoms with Gasteiger partial charge in [-0.3, -0.25) is 9.59 Å². The molecule has 0 fully saturated rings. The van der Waals surface area contributed by atoms with E-state index in [2.05, 4.69) is 10.3 Å². The fourth-order valence-electron chi connectivity index (χ4n) is 2.33. The van der Waals surface area contributed by atoms with Gasteiger partial charge in [-0.05, 0) is 36.4 Å². The molecule has 1 amide bonds. The van der Waals surface area contributed by atoms with Gasteiger partial charge in [0.1, 0.15) is 5.01 Å². The van der Waals surface area contributed by atoms with Gasteiger partial charge in [0.2, 0.25) is 5.91 Å². The molecule has 4 nitrogen and oxygen atoms in total. The van der Waals surface area contributed by atoms with Crippen LogP contribution in [0.1, 0.15) is 23.2 Å². The molecular formula is C19H15ClN2O2S. The predicted octanol–water partition coefficient (Wildman–Crippen LogP) is 5.07. The van der Waals surface area contributed by atoms with Crippen molar-refractivity contribution in [2.45, 2.75) is 12.8 Å². The molecule has 0 bridgehead atoms. The van der Waals surface area contributed by atoms with Gasteiger partial charge in [-0.2, -0.15) is 0 Å². The molecule has 126 valence electrons. The standard InChI is InChI=1S/C19H15ClN2O2S/c20-16-4-2-1-3-15(16)17(23)9-10-18(24)22-14-7-5-13(6-8-14)19-21-11-12-25-19/h1-8,11-12H,9-10H2,(H,22,24). The molecule has 0 radical (unpaired) electrons. The minimum Gasteiger partial charge on any atom is -0.326 e. The van der Waals surface area contributed by atoms with Crippen molar-refractivity contribution in [1.82, 2.24) is 4.98 Å². The van der Waals surface area contributed by atoms with Gasteiger partial charge in [0.05, 0.1) is 5.02 Å². The lowest BCUT2D eigenvalue weighted by Crippen LogP contribution is -2.13. The first kappa shape index (κ1) is 17.3. The van der Waals surface area contributed by atoms with Crippen molar-refractivity contribution in [1.29, 1.82) is 0 Å². The van der Waals surface area contributed by atoms with Crippen LogP contribution in [0.15, 0.2) is 60.1 Å². The molecule has 0 saturated carbocycles. The third-order valence-corrected chi connectivity index (χ3v) is 4.75. The number of carbonyl (C=O) groups is 2. The summed E-state index contributed by atoms with van der Waals surface area (Å²) in [7, 11) is 0. The van der Waals surface area contributed by atoms with Gasteiger partial charge in [-0.15, -0.1) is 11.3 Å². The number of hydrogen-bond donors (Lipinski definition) is 1. The zero-order chi connectivity index (χ0) is 17.6. The topological polar surface area (TPSA) is 59.1 Å². The molecule has 0 aliphatic heterocycles. The molecule has 3 rings (SSSR count). The Morgan fingerprint density at radius 3 is 2.48 bits per heavy atom. The maximum absolute atomic E-state index is 12.1. The number of ketones is 1. The van der Waals surface area contributed by atoms with Crippen LogP contribution in [0.5, 0.6) is 0 Å². The van der Waals surface area contributed by atoms with Crippen molar-refractivity contribution < 1.29 is 9.59 Å². The number of carbonyl (C=O) groups excluding carboxylic acids is 2. The van der Waals surface area contributed by atoms with E-state index in [-0.39, 0.29) is 24.5 Å². The first-order valence-corrected chi connectivity index (χ1v) is 8.97. The zero-order valence-corrected chi connectivity index (χ0v) is 14.8. The van der Waals surface area contributed by atoms with Crippen LogP contribution in [-0.2, 0) is 4.79 Å². The van der Waals surface area contributed by atoms with Crippen molar-refractivity contribution in [2.24, 2.45) is 0 Å². The largest absolute Gasteiger partial charge is 0.326 e. The highest BCUT2D eigenvalue weighted by Gasteiger charge is 2.12. The number of nitrogens with zero attached hydrogens (tertiary/aromatic N) is 1. The molecular weight excluding hydrogens is 356 g/mol. The van der Waals surface area contributed by atoms with Gasteiger partial charge in [0.15, 0.2) is 5.78 Å². The lowest BCUT2D eigenvalue weighted by molar-refractivity contribution is -0.116. The fourth-order valence-corrected chi connectivity index (χ4v) is 3.22. The van der Waals surface area contributed by atoms with E-state index >= 15 is 0 Å². The van der Waals surface area contributed by atoms with Crippen LogP contribution < -0.4 is 5.32 Å². The molecule has 1 aromatic heterocycles. The highest BCUT2D eigenvalue weighted by Crippen LogP contribution is 2.23. The van der Waals surface area contributed by atoms with Crippen LogP contribution in [-0.4, -0.2) is 16.7 Å². The monoisotopic (exact) mass is 370 g/mol. The fraction of sp³-hybridized carbons (Fsp3) is 0.105. The van der Waals surface area contributed by atoms with Gasteiger partial charge in [-0.1, -0.05) is 23.7 Å². The third kappa shape index (κ3) is 4.53. The number of nitrogens with one attached hydrogen (secondary N) is 1. The van der Waals surface area contributed by atoms with Crippen LogP contribution >= 0.6 is 22.9 Å². The maximum atomic E-state index is 12.1. The summed E-state index contributed by atoms with van der Waals surface area (Å²) < 4.78 is 0. The summed E-state index contributed by atoms with van der Waals surface area (Å²) in [4.78, 5) is 28.4. The summed E-state index contributed by atoms with van der Waals surface area (Å²) in [6.07, 6.45) is 1.98. The highest BCUT2D eigenvalue weighted by atomic mass is 35.5. The number of Topliss-reactive ketones (excluding diaryl/α,β-unsaturated/α-hetero) is 1. The number of anilines is 1. The van der Waals surface area contributed by atoms with E-state index < -0.39 is 0 Å². The van der Waals surface area contributed by atoms with E-state index in [1.807, 2.05) is 29.6 Å². The lowest BCUT2D eigenvalue weighted by atomic mass is 10.1. The van der Waals surface area contributed by atoms with Crippen molar-refractivity contribution in [3.8, 4) is 10.6 Å². The van der Waals surface area contributed by atoms with Crippen molar-refractivity contribution in [2.75, 3.05) is 5.32 Å². The molecule has 2 aromatic carbocycles. The summed E-state index contributed by atoms with van der Waals surface area (Å²) >= 11 is 7.56. The van der Waals surface area contributed by atoms with Gasteiger partial charge in [0, 0.05) is 41.2 Å². The minimum atomic E-state index is -0.206. The molecule has 25 heavy (non-hydrogen) atoms. The third-order valence-electron chi connectivity index (χ3n) is 3.60. The Balaban J connectivity index is 1.54. The molecule has 0 aliphatic rings. The minimum absolute atomic E-state index is 0.109. The van der Waals surface area contributed by atoms with Crippen LogP contribution in [0.3, 0.4) is 0 Å². The number of amides is 1. The first-order valence-electron chi connectivity index (χ1n) is 7.71. The Morgan fingerprint density at radius 2 is 1.80 bits per heavy atom. The average Bonchev–Trinajstić information content (AvgIpc) is 3.15. The van der Waals surface area contributed by atoms with Gasteiger partial charge in [0.25, 0.3) is 0 Å². The first-order chi connectivity index (χ1) is 12.1. The summed E-state index contributed by atoms with van der Waals surface area (Å²) in [5, 5.41) is 6.05. The summed E-state index contributed by atoms with van der Waals surface area (Å²) in [6, 6.07) is 14.3. The highest BCUT2D eigenvalue weighted by molar-refractivity contribution is 7.13. The molecule has 0 saturated heterocycles. The van der Waals surface area contributed by atoms with Crippen LogP contribution in [0.2, 0.25) is 5.02 Å². The number of halogens is 1. The molecule has 0 spiro atoms. The summed E-state index contributed by atoms with van der Waals surface area (Å²) in [6.45, 7) is 0. The quantitative estimate of drug-likeness (QED) is 0.616. The molecule has 0 unspecified atom stereocenters. The van der Waals surface area contributed by atoms with E-state index in [0.717, 1.165) is 10.6 Å². The number of rotatable bonds is 6. The van der Waals surface area contributed by atoms with Crippen LogP contribution in [0.25, 0.3) is 10.6 Å². The van der Waals surface area contributed by atoms with Crippen molar-refractivity contribution >= 4 is 40.3 Å². The number of aromatic nitrogens is 1. The van der Waals surface area contributed by atoms with Gasteiger partial charge in [-0.25, -0.2) is 4.98 Å². The second-order valence-corrected chi connectivity index (χ2v) is 6.67. The second kappa shape index (κ2) is 8.05. The molecule has 0 aliphatic carbocycles. The Labute approximate surface area is 154 Å². The van der Waals surface area contributed by atoms with Crippen molar-refractivity contribution in [3.05, 3.63) is 70.7 Å². The molecule has 3 aromatic rings. The second-order valence-electron chi connectivity index (χ2n) is 5.37. The smallest absolute Gasteiger partial charge is 0.224 e. The average molecular weight is 371 g/mol. The lowest BCUT2D eigenvalue weighted by Gasteiger charge is -2.06.